The van der Waals surface area contributed by atoms with Gasteiger partial charge in [0.05, 0.1) is 12.8 Å². The van der Waals surface area contributed by atoms with Gasteiger partial charge >= 0.3 is 5.97 Å². The first-order valence-corrected chi connectivity index (χ1v) is 6.08. The summed E-state index contributed by atoms with van der Waals surface area (Å²) in [6.07, 6.45) is 2.97. The summed E-state index contributed by atoms with van der Waals surface area (Å²) in [5, 5.41) is 0. The van der Waals surface area contributed by atoms with E-state index in [0.717, 1.165) is 6.20 Å². The highest BCUT2D eigenvalue weighted by Gasteiger charge is 2.19. The minimum atomic E-state index is -0.464. The molecule has 0 atom stereocenters. The van der Waals surface area contributed by atoms with Crippen molar-refractivity contribution in [2.75, 3.05) is 19.7 Å². The standard InChI is InChI=1S/C12H17N3O4/c1-3-5-15(8-11(17)19-4-2)12(18)9-6-14-10(16)7-13-9/h6-7H,3-5,8H2,1-2H3,(H,14,16). The van der Waals surface area contributed by atoms with Crippen LogP contribution in [-0.2, 0) is 9.53 Å². The van der Waals surface area contributed by atoms with Crippen molar-refractivity contribution >= 4 is 11.9 Å². The summed E-state index contributed by atoms with van der Waals surface area (Å²) in [5.74, 6) is -0.875. The molecule has 104 valence electrons. The van der Waals surface area contributed by atoms with Crippen LogP contribution in [0.4, 0.5) is 0 Å². The summed E-state index contributed by atoms with van der Waals surface area (Å²) in [6, 6.07) is 0. The van der Waals surface area contributed by atoms with Gasteiger partial charge in [-0.15, -0.1) is 0 Å². The maximum Gasteiger partial charge on any atom is 0.325 e. The summed E-state index contributed by atoms with van der Waals surface area (Å²) in [4.78, 5) is 41.9. The van der Waals surface area contributed by atoms with Crippen LogP contribution in [0.25, 0.3) is 0 Å². The second-order valence-corrected chi connectivity index (χ2v) is 3.83. The van der Waals surface area contributed by atoms with Crippen LogP contribution in [0.1, 0.15) is 30.8 Å². The Morgan fingerprint density at radius 1 is 1.42 bits per heavy atom. The number of H-pyrrole nitrogens is 1. The van der Waals surface area contributed by atoms with E-state index < -0.39 is 11.9 Å². The first-order chi connectivity index (χ1) is 9.08. The zero-order valence-corrected chi connectivity index (χ0v) is 11.0. The van der Waals surface area contributed by atoms with Crippen LogP contribution in [0.5, 0.6) is 0 Å². The van der Waals surface area contributed by atoms with E-state index in [1.165, 1.54) is 11.1 Å². The number of hydrogen-bond acceptors (Lipinski definition) is 5. The lowest BCUT2D eigenvalue weighted by atomic mass is 10.3. The van der Waals surface area contributed by atoms with Gasteiger partial charge in [0.1, 0.15) is 12.2 Å². The van der Waals surface area contributed by atoms with Crippen LogP contribution in [-0.4, -0.2) is 46.4 Å². The Morgan fingerprint density at radius 3 is 2.68 bits per heavy atom. The molecule has 0 bridgehead atoms. The van der Waals surface area contributed by atoms with Crippen molar-refractivity contribution in [1.29, 1.82) is 0 Å². The average molecular weight is 267 g/mol. The van der Waals surface area contributed by atoms with E-state index in [1.807, 2.05) is 6.92 Å². The normalized spacial score (nSPS) is 10.0. The van der Waals surface area contributed by atoms with Gasteiger partial charge in [-0.2, -0.15) is 0 Å². The van der Waals surface area contributed by atoms with Crippen LogP contribution in [0.3, 0.4) is 0 Å². The Bertz CT molecular complexity index is 477. The molecule has 0 spiro atoms. The number of amides is 1. The minimum absolute atomic E-state index is 0.0948. The number of carbonyl (C=O) groups excluding carboxylic acids is 2. The number of carbonyl (C=O) groups is 2. The molecule has 1 aromatic rings. The largest absolute Gasteiger partial charge is 0.465 e. The van der Waals surface area contributed by atoms with Crippen molar-refractivity contribution in [2.45, 2.75) is 20.3 Å². The van der Waals surface area contributed by atoms with Crippen LogP contribution >= 0.6 is 0 Å². The number of ether oxygens (including phenoxy) is 1. The van der Waals surface area contributed by atoms with Crippen molar-refractivity contribution in [3.8, 4) is 0 Å². The summed E-state index contributed by atoms with van der Waals surface area (Å²) in [7, 11) is 0. The lowest BCUT2D eigenvalue weighted by molar-refractivity contribution is -0.143. The zero-order chi connectivity index (χ0) is 14.3. The smallest absolute Gasteiger partial charge is 0.325 e. The maximum atomic E-state index is 12.1. The number of nitrogens with one attached hydrogen (secondary N) is 1. The van der Waals surface area contributed by atoms with Gasteiger partial charge in [-0.05, 0) is 13.3 Å². The van der Waals surface area contributed by atoms with E-state index in [9.17, 15) is 14.4 Å². The Morgan fingerprint density at radius 2 is 2.16 bits per heavy atom. The highest BCUT2D eigenvalue weighted by Crippen LogP contribution is 2.01. The Hall–Kier alpha value is -2.18. The van der Waals surface area contributed by atoms with Gasteiger partial charge in [0.2, 0.25) is 0 Å². The second kappa shape index (κ2) is 7.30. The molecule has 1 N–H and O–H groups in total. The fraction of sp³-hybridized carbons (Fsp3) is 0.500. The van der Waals surface area contributed by atoms with Crippen LogP contribution < -0.4 is 5.56 Å². The predicted molar refractivity (Wildman–Crippen MR) is 67.7 cm³/mol. The molecular formula is C12H17N3O4. The second-order valence-electron chi connectivity index (χ2n) is 3.83. The quantitative estimate of drug-likeness (QED) is 0.742. The molecule has 19 heavy (non-hydrogen) atoms. The third-order valence-electron chi connectivity index (χ3n) is 2.30. The molecule has 0 aliphatic heterocycles. The van der Waals surface area contributed by atoms with E-state index in [2.05, 4.69) is 9.97 Å². The number of aromatic amines is 1. The van der Waals surface area contributed by atoms with Crippen LogP contribution in [0.15, 0.2) is 17.2 Å². The number of rotatable bonds is 6. The van der Waals surface area contributed by atoms with Crippen molar-refractivity contribution in [3.63, 3.8) is 0 Å². The van der Waals surface area contributed by atoms with Crippen LogP contribution in [0, 0.1) is 0 Å². The van der Waals surface area contributed by atoms with E-state index in [0.29, 0.717) is 13.0 Å². The van der Waals surface area contributed by atoms with Crippen molar-refractivity contribution in [1.82, 2.24) is 14.9 Å². The molecule has 1 rings (SSSR count). The Labute approximate surface area is 110 Å². The van der Waals surface area contributed by atoms with E-state index in [1.54, 1.807) is 6.92 Å². The summed E-state index contributed by atoms with van der Waals surface area (Å²) < 4.78 is 4.81. The molecule has 7 heteroatoms. The van der Waals surface area contributed by atoms with Crippen molar-refractivity contribution in [2.24, 2.45) is 0 Å². The van der Waals surface area contributed by atoms with Gasteiger partial charge in [-0.25, -0.2) is 4.98 Å². The zero-order valence-electron chi connectivity index (χ0n) is 11.0. The molecule has 0 aliphatic rings. The molecule has 0 aliphatic carbocycles. The number of esters is 1. The van der Waals surface area contributed by atoms with Crippen LogP contribution in [0.2, 0.25) is 0 Å². The highest BCUT2D eigenvalue weighted by atomic mass is 16.5. The fourth-order valence-corrected chi connectivity index (χ4v) is 1.51. The lowest BCUT2D eigenvalue weighted by Gasteiger charge is -2.20. The predicted octanol–water partition coefficient (Wildman–Crippen LogP) is 0.185. The molecule has 7 nitrogen and oxygen atoms in total. The molecule has 0 aromatic carbocycles. The third kappa shape index (κ3) is 4.53. The maximum absolute atomic E-state index is 12.1. The first-order valence-electron chi connectivity index (χ1n) is 6.08. The third-order valence-corrected chi connectivity index (χ3v) is 2.30. The lowest BCUT2D eigenvalue weighted by Crippen LogP contribution is -2.37. The molecule has 0 radical (unpaired) electrons. The summed E-state index contributed by atoms with van der Waals surface area (Å²) in [5.41, 5.74) is -0.290. The molecule has 1 heterocycles. The molecule has 0 saturated heterocycles. The van der Waals surface area contributed by atoms with Gasteiger partial charge < -0.3 is 14.6 Å². The van der Waals surface area contributed by atoms with Crippen molar-refractivity contribution in [3.05, 3.63) is 28.4 Å². The topological polar surface area (TPSA) is 92.4 Å². The summed E-state index contributed by atoms with van der Waals surface area (Å²) in [6.45, 7) is 4.16. The van der Waals surface area contributed by atoms with Gasteiger partial charge in [-0.3, -0.25) is 14.4 Å². The number of hydrogen-bond donors (Lipinski definition) is 1. The van der Waals surface area contributed by atoms with E-state index >= 15 is 0 Å². The molecular weight excluding hydrogens is 250 g/mol. The monoisotopic (exact) mass is 267 g/mol. The highest BCUT2D eigenvalue weighted by molar-refractivity contribution is 5.93. The van der Waals surface area contributed by atoms with Gasteiger partial charge in [0.15, 0.2) is 0 Å². The average Bonchev–Trinajstić information content (AvgIpc) is 2.38. The minimum Gasteiger partial charge on any atom is -0.465 e. The molecule has 1 aromatic heterocycles. The van der Waals surface area contributed by atoms with Gasteiger partial charge in [0, 0.05) is 12.7 Å². The molecule has 0 unspecified atom stereocenters. The fourth-order valence-electron chi connectivity index (χ4n) is 1.51. The number of nitrogens with zero attached hydrogens (tertiary/aromatic N) is 2. The first kappa shape index (κ1) is 14.9. The molecule has 1 amide bonds. The van der Waals surface area contributed by atoms with Gasteiger partial charge in [-0.1, -0.05) is 6.92 Å². The van der Waals surface area contributed by atoms with E-state index in [-0.39, 0.29) is 24.4 Å². The molecule has 0 fully saturated rings. The van der Waals surface area contributed by atoms with Crippen molar-refractivity contribution < 1.29 is 14.3 Å². The van der Waals surface area contributed by atoms with Gasteiger partial charge in [0.25, 0.3) is 11.5 Å². The Balaban J connectivity index is 2.80. The number of aromatic nitrogens is 2. The Kier molecular flexibility index (Phi) is 5.72. The summed E-state index contributed by atoms with van der Waals surface area (Å²) >= 11 is 0. The van der Waals surface area contributed by atoms with E-state index in [4.69, 9.17) is 4.74 Å². The SMILES string of the molecule is CCCN(CC(=O)OCC)C(=O)c1c[nH]c(=O)cn1. The molecule has 0 saturated carbocycles.